The van der Waals surface area contributed by atoms with E-state index < -0.39 is 5.97 Å². The molecule has 0 amide bonds. The third-order valence-corrected chi connectivity index (χ3v) is 4.78. The van der Waals surface area contributed by atoms with Gasteiger partial charge in [0.05, 0.1) is 12.8 Å². The van der Waals surface area contributed by atoms with Crippen LogP contribution in [0, 0.1) is 6.92 Å². The molecule has 0 aliphatic rings. The normalized spacial score (nSPS) is 10.5. The van der Waals surface area contributed by atoms with Crippen molar-refractivity contribution in [2.75, 3.05) is 17.2 Å². The van der Waals surface area contributed by atoms with Crippen LogP contribution in [0.4, 0.5) is 22.7 Å². The molecule has 156 valence electrons. The first-order valence-electron chi connectivity index (χ1n) is 9.38. The van der Waals surface area contributed by atoms with E-state index in [-0.39, 0.29) is 0 Å². The molecule has 0 saturated carbocycles. The third-order valence-electron chi connectivity index (χ3n) is 3.89. The number of ether oxygens (including phenoxy) is 1. The second-order valence-electron chi connectivity index (χ2n) is 6.20. The van der Waals surface area contributed by atoms with Gasteiger partial charge in [-0.25, -0.2) is 29.7 Å². The Balaban J connectivity index is 1.48. The van der Waals surface area contributed by atoms with Crippen LogP contribution >= 0.6 is 11.3 Å². The molecule has 0 atom stereocenters. The van der Waals surface area contributed by atoms with E-state index in [0.717, 1.165) is 17.0 Å². The van der Waals surface area contributed by atoms with Gasteiger partial charge in [0.1, 0.15) is 22.2 Å². The molecule has 0 aliphatic carbocycles. The maximum Gasteiger partial charge on any atom is 0.350 e. The van der Waals surface area contributed by atoms with E-state index in [1.54, 1.807) is 31.5 Å². The van der Waals surface area contributed by atoms with Gasteiger partial charge in [0, 0.05) is 18.1 Å². The molecule has 10 nitrogen and oxygen atoms in total. The first kappa shape index (κ1) is 20.3. The fourth-order valence-electron chi connectivity index (χ4n) is 2.56. The zero-order valence-corrected chi connectivity index (χ0v) is 17.6. The number of anilines is 4. The molecule has 0 spiro atoms. The van der Waals surface area contributed by atoms with Crippen LogP contribution in [0.3, 0.4) is 0 Å². The fraction of sp³-hybridized carbons (Fsp3) is 0.150. The highest BCUT2D eigenvalue weighted by Gasteiger charge is 2.12. The van der Waals surface area contributed by atoms with E-state index in [1.165, 1.54) is 6.20 Å². The Bertz CT molecular complexity index is 1210. The molecule has 0 bridgehead atoms. The van der Waals surface area contributed by atoms with Crippen LogP contribution < -0.4 is 10.6 Å². The van der Waals surface area contributed by atoms with E-state index in [1.807, 2.05) is 25.1 Å². The lowest BCUT2D eigenvalue weighted by Gasteiger charge is -2.08. The van der Waals surface area contributed by atoms with Crippen molar-refractivity contribution in [2.24, 2.45) is 0 Å². The Hall–Kier alpha value is -3.99. The van der Waals surface area contributed by atoms with Crippen molar-refractivity contribution < 1.29 is 9.53 Å². The summed E-state index contributed by atoms with van der Waals surface area (Å²) < 4.78 is 4.97. The number of rotatable bonds is 7. The molecule has 0 fully saturated rings. The highest BCUT2D eigenvalue weighted by molar-refractivity contribution is 7.17. The van der Waals surface area contributed by atoms with Crippen LogP contribution in [0.25, 0.3) is 11.5 Å². The number of aryl methyl sites for hydroxylation is 1. The zero-order chi connectivity index (χ0) is 21.6. The molecular formula is C20H18N8O2S. The smallest absolute Gasteiger partial charge is 0.350 e. The van der Waals surface area contributed by atoms with Crippen molar-refractivity contribution in [3.63, 3.8) is 0 Å². The van der Waals surface area contributed by atoms with Crippen molar-refractivity contribution in [1.29, 1.82) is 0 Å². The lowest BCUT2D eigenvalue weighted by molar-refractivity contribution is 0.0532. The van der Waals surface area contributed by atoms with E-state index in [9.17, 15) is 4.79 Å². The molecule has 4 rings (SSSR count). The van der Waals surface area contributed by atoms with Crippen molar-refractivity contribution in [3.05, 3.63) is 59.5 Å². The third kappa shape index (κ3) is 5.14. The second-order valence-corrected chi connectivity index (χ2v) is 7.23. The number of esters is 1. The van der Waals surface area contributed by atoms with Gasteiger partial charge < -0.3 is 10.1 Å². The summed E-state index contributed by atoms with van der Waals surface area (Å²) in [6.45, 7) is 3.97. The Kier molecular flexibility index (Phi) is 6.03. The standard InChI is InChI=1S/C20H18N8O2S/c1-3-30-18(29)14-11-23-20(31-14)28-19-22-10-8-16(27-19)25-15-7-9-21-17(26-15)13-6-4-5-12(2)24-13/h4-11H,3H2,1-2H3,(H2,21,22,23,25,26,27,28). The average molecular weight is 434 g/mol. The molecule has 11 heteroatoms. The summed E-state index contributed by atoms with van der Waals surface area (Å²) in [5, 5.41) is 6.60. The van der Waals surface area contributed by atoms with Crippen molar-refractivity contribution in [2.45, 2.75) is 13.8 Å². The van der Waals surface area contributed by atoms with Crippen LogP contribution in [-0.2, 0) is 4.74 Å². The van der Waals surface area contributed by atoms with Gasteiger partial charge >= 0.3 is 5.97 Å². The minimum atomic E-state index is -0.410. The van der Waals surface area contributed by atoms with E-state index >= 15 is 0 Å². The number of thiazole rings is 1. The summed E-state index contributed by atoms with van der Waals surface area (Å²) in [6, 6.07) is 9.14. The van der Waals surface area contributed by atoms with Crippen LogP contribution in [0.2, 0.25) is 0 Å². The molecule has 0 aromatic carbocycles. The van der Waals surface area contributed by atoms with Crippen molar-refractivity contribution >= 4 is 40.0 Å². The minimum Gasteiger partial charge on any atom is -0.462 e. The van der Waals surface area contributed by atoms with Gasteiger partial charge in [0.15, 0.2) is 11.0 Å². The molecule has 4 heterocycles. The number of pyridine rings is 1. The molecule has 0 unspecified atom stereocenters. The number of hydrogen-bond acceptors (Lipinski definition) is 11. The Labute approximate surface area is 181 Å². The minimum absolute atomic E-state index is 0.307. The summed E-state index contributed by atoms with van der Waals surface area (Å²) in [6.07, 6.45) is 4.71. The first-order chi connectivity index (χ1) is 15.1. The Morgan fingerprint density at radius 1 is 1.00 bits per heavy atom. The topological polar surface area (TPSA) is 128 Å². The zero-order valence-electron chi connectivity index (χ0n) is 16.7. The van der Waals surface area contributed by atoms with E-state index in [2.05, 4.69) is 40.5 Å². The van der Waals surface area contributed by atoms with Gasteiger partial charge in [-0.3, -0.25) is 5.32 Å². The lowest BCUT2D eigenvalue weighted by Crippen LogP contribution is -2.02. The number of carbonyl (C=O) groups is 1. The number of nitrogens with zero attached hydrogens (tertiary/aromatic N) is 6. The van der Waals surface area contributed by atoms with E-state index in [4.69, 9.17) is 4.74 Å². The van der Waals surface area contributed by atoms with Gasteiger partial charge in [-0.1, -0.05) is 17.4 Å². The fourth-order valence-corrected chi connectivity index (χ4v) is 3.27. The summed E-state index contributed by atoms with van der Waals surface area (Å²) in [5.41, 5.74) is 1.58. The predicted octanol–water partition coefficient (Wildman–Crippen LogP) is 3.76. The van der Waals surface area contributed by atoms with Gasteiger partial charge in [-0.15, -0.1) is 0 Å². The maximum absolute atomic E-state index is 11.8. The number of aromatic nitrogens is 6. The molecular weight excluding hydrogens is 416 g/mol. The molecule has 0 saturated heterocycles. The number of nitrogens with one attached hydrogen (secondary N) is 2. The number of hydrogen-bond donors (Lipinski definition) is 2. The van der Waals surface area contributed by atoms with Crippen LogP contribution in [-0.4, -0.2) is 42.5 Å². The van der Waals surface area contributed by atoms with Crippen LogP contribution in [0.15, 0.2) is 48.9 Å². The molecule has 31 heavy (non-hydrogen) atoms. The lowest BCUT2D eigenvalue weighted by atomic mass is 10.3. The molecule has 2 N–H and O–H groups in total. The van der Waals surface area contributed by atoms with Crippen LogP contribution in [0.1, 0.15) is 22.3 Å². The predicted molar refractivity (Wildman–Crippen MR) is 117 cm³/mol. The van der Waals surface area contributed by atoms with Crippen LogP contribution in [0.5, 0.6) is 0 Å². The maximum atomic E-state index is 11.8. The molecule has 4 aromatic heterocycles. The second kappa shape index (κ2) is 9.22. The summed E-state index contributed by atoms with van der Waals surface area (Å²) in [5.74, 6) is 1.52. The average Bonchev–Trinajstić information content (AvgIpc) is 3.23. The molecule has 4 aromatic rings. The van der Waals surface area contributed by atoms with E-state index in [0.29, 0.717) is 45.7 Å². The molecule has 0 aliphatic heterocycles. The van der Waals surface area contributed by atoms with Gasteiger partial charge in [0.25, 0.3) is 0 Å². The van der Waals surface area contributed by atoms with Crippen molar-refractivity contribution in [1.82, 2.24) is 29.9 Å². The van der Waals surface area contributed by atoms with Gasteiger partial charge in [-0.2, -0.15) is 4.98 Å². The summed E-state index contributed by atoms with van der Waals surface area (Å²) >= 11 is 1.16. The highest BCUT2D eigenvalue weighted by atomic mass is 32.1. The summed E-state index contributed by atoms with van der Waals surface area (Å²) in [4.78, 5) is 38.2. The Morgan fingerprint density at radius 2 is 1.81 bits per heavy atom. The summed E-state index contributed by atoms with van der Waals surface area (Å²) in [7, 11) is 0. The highest BCUT2D eigenvalue weighted by Crippen LogP contribution is 2.23. The molecule has 0 radical (unpaired) electrons. The largest absolute Gasteiger partial charge is 0.462 e. The quantitative estimate of drug-likeness (QED) is 0.415. The number of carbonyl (C=O) groups excluding carboxylic acids is 1. The Morgan fingerprint density at radius 3 is 2.61 bits per heavy atom. The van der Waals surface area contributed by atoms with Gasteiger partial charge in [-0.05, 0) is 38.1 Å². The van der Waals surface area contributed by atoms with Gasteiger partial charge in [0.2, 0.25) is 5.95 Å². The monoisotopic (exact) mass is 434 g/mol. The van der Waals surface area contributed by atoms with Crippen molar-refractivity contribution in [3.8, 4) is 11.5 Å². The first-order valence-corrected chi connectivity index (χ1v) is 10.2. The SMILES string of the molecule is CCOC(=O)c1cnc(Nc2nccc(Nc3ccnc(-c4cccc(C)n4)n3)n2)s1.